The van der Waals surface area contributed by atoms with Gasteiger partial charge in [-0.25, -0.2) is 13.1 Å². The van der Waals surface area contributed by atoms with E-state index in [0.717, 1.165) is 49.4 Å². The molecule has 6 rings (SSSR count). The number of nitrogens with one attached hydrogen (secondary N) is 1. The second kappa shape index (κ2) is 11.0. The largest absolute Gasteiger partial charge is 0.490 e. The van der Waals surface area contributed by atoms with Crippen LogP contribution in [0, 0.1) is 11.8 Å². The van der Waals surface area contributed by atoms with Crippen molar-refractivity contribution in [2.45, 2.75) is 62.9 Å². The van der Waals surface area contributed by atoms with E-state index in [1.165, 1.54) is 11.1 Å². The Bertz CT molecular complexity index is 1430. The van der Waals surface area contributed by atoms with Gasteiger partial charge < -0.3 is 14.7 Å². The van der Waals surface area contributed by atoms with Crippen molar-refractivity contribution in [1.82, 2.24) is 4.72 Å². The van der Waals surface area contributed by atoms with Crippen molar-refractivity contribution < 1.29 is 23.1 Å². The summed E-state index contributed by atoms with van der Waals surface area (Å²) in [6, 6.07) is 11.4. The van der Waals surface area contributed by atoms with Gasteiger partial charge in [0.1, 0.15) is 5.75 Å². The third kappa shape index (κ3) is 5.50. The van der Waals surface area contributed by atoms with Crippen molar-refractivity contribution in [3.05, 3.63) is 70.3 Å². The summed E-state index contributed by atoms with van der Waals surface area (Å²) in [7, 11) is -3.76. The standard InChI is InChI=1S/C31H37ClN2O5S/c32-24-10-12-26-21(16-24)6-5-14-31(26)19-34-18-23-8-11-25(23)28(35)7-3-1-2-4-15-40(37,38)33-30(36)22-9-13-29(39-20-31)27(34)17-22/h3,7,9-10,12-13,16-17,23,25,28,35H,1-2,4-6,8,11,14-15,18-20H2,(H,33,36)/b7-3-/t23-,25+,28+,31-/m0/s1. The minimum absolute atomic E-state index is 0.119. The fourth-order valence-corrected chi connectivity index (χ4v) is 8.27. The molecule has 40 heavy (non-hydrogen) atoms. The van der Waals surface area contributed by atoms with Crippen molar-refractivity contribution in [2.24, 2.45) is 11.8 Å². The Balaban J connectivity index is 1.40. The van der Waals surface area contributed by atoms with E-state index in [4.69, 9.17) is 16.3 Å². The van der Waals surface area contributed by atoms with Crippen LogP contribution < -0.4 is 14.4 Å². The first-order valence-corrected chi connectivity index (χ1v) is 16.5. The SMILES string of the molecule is O=C1NS(=O)(=O)CCCC/C=C\[C@@H](O)[C@@H]2CC[C@H]2CN2C[C@@]3(CCCc4cc(Cl)ccc43)COc3ccc1cc32. The summed E-state index contributed by atoms with van der Waals surface area (Å²) >= 11 is 6.37. The average molecular weight is 585 g/mol. The van der Waals surface area contributed by atoms with Crippen LogP contribution >= 0.6 is 11.6 Å². The number of ether oxygens (including phenoxy) is 1. The molecule has 2 heterocycles. The van der Waals surface area contributed by atoms with E-state index in [2.05, 4.69) is 21.8 Å². The first-order chi connectivity index (χ1) is 19.2. The number of halogens is 1. The lowest BCUT2D eigenvalue weighted by Gasteiger charge is -2.45. The van der Waals surface area contributed by atoms with E-state index in [1.807, 2.05) is 18.2 Å². The van der Waals surface area contributed by atoms with Crippen LogP contribution in [0.5, 0.6) is 5.75 Å². The third-order valence-electron chi connectivity index (χ3n) is 9.28. The predicted molar refractivity (Wildman–Crippen MR) is 157 cm³/mol. The van der Waals surface area contributed by atoms with E-state index in [0.29, 0.717) is 49.6 Å². The first-order valence-electron chi connectivity index (χ1n) is 14.4. The fourth-order valence-electron chi connectivity index (χ4n) is 6.99. The molecule has 0 radical (unpaired) electrons. The number of aliphatic hydroxyl groups excluding tert-OH is 1. The lowest BCUT2D eigenvalue weighted by atomic mass is 9.68. The van der Waals surface area contributed by atoms with Gasteiger partial charge in [-0.15, -0.1) is 0 Å². The van der Waals surface area contributed by atoms with Crippen molar-refractivity contribution in [2.75, 3.05) is 30.3 Å². The molecule has 2 aromatic rings. The van der Waals surface area contributed by atoms with Crippen LogP contribution in [-0.2, 0) is 21.9 Å². The molecule has 0 saturated heterocycles. The molecule has 2 bridgehead atoms. The van der Waals surface area contributed by atoms with E-state index >= 15 is 0 Å². The lowest BCUT2D eigenvalue weighted by molar-refractivity contribution is 0.0456. The smallest absolute Gasteiger partial charge is 0.264 e. The van der Waals surface area contributed by atoms with Gasteiger partial charge >= 0.3 is 0 Å². The number of hydrogen-bond donors (Lipinski definition) is 2. The highest BCUT2D eigenvalue weighted by Crippen LogP contribution is 2.46. The molecule has 9 heteroatoms. The number of anilines is 1. The molecule has 2 aliphatic heterocycles. The molecule has 0 aromatic heterocycles. The van der Waals surface area contributed by atoms with Gasteiger partial charge in [-0.05, 0) is 105 Å². The molecule has 1 saturated carbocycles. The van der Waals surface area contributed by atoms with Crippen LogP contribution in [0.2, 0.25) is 5.02 Å². The van der Waals surface area contributed by atoms with E-state index in [1.54, 1.807) is 18.2 Å². The van der Waals surface area contributed by atoms with Crippen molar-refractivity contribution in [3.8, 4) is 5.75 Å². The molecule has 214 valence electrons. The lowest BCUT2D eigenvalue weighted by Crippen LogP contribution is -2.49. The molecular weight excluding hydrogens is 548 g/mol. The molecule has 2 aromatic carbocycles. The molecule has 4 atom stereocenters. The molecule has 0 unspecified atom stereocenters. The van der Waals surface area contributed by atoms with Gasteiger partial charge in [-0.1, -0.05) is 29.8 Å². The Labute approximate surface area is 241 Å². The van der Waals surface area contributed by atoms with Gasteiger partial charge in [0, 0.05) is 29.1 Å². The number of sulfonamides is 1. The highest BCUT2D eigenvalue weighted by Gasteiger charge is 2.44. The maximum Gasteiger partial charge on any atom is 0.264 e. The number of aliphatic hydroxyl groups is 1. The Morgan fingerprint density at radius 1 is 1.10 bits per heavy atom. The van der Waals surface area contributed by atoms with Crippen molar-refractivity contribution >= 4 is 33.2 Å². The van der Waals surface area contributed by atoms with Crippen LogP contribution in [0.15, 0.2) is 48.6 Å². The van der Waals surface area contributed by atoms with Gasteiger partial charge in [-0.2, -0.15) is 0 Å². The average Bonchev–Trinajstić information content (AvgIpc) is 3.05. The number of aryl methyl sites for hydroxylation is 1. The number of amides is 1. The number of nitrogens with zero attached hydrogens (tertiary/aromatic N) is 1. The minimum atomic E-state index is -3.76. The van der Waals surface area contributed by atoms with E-state index in [-0.39, 0.29) is 17.1 Å². The summed E-state index contributed by atoms with van der Waals surface area (Å²) in [5.74, 6) is 0.405. The number of carbonyl (C=O) groups excluding carboxylic acids is 1. The monoisotopic (exact) mass is 584 g/mol. The zero-order valence-corrected chi connectivity index (χ0v) is 24.2. The van der Waals surface area contributed by atoms with Crippen molar-refractivity contribution in [3.63, 3.8) is 0 Å². The van der Waals surface area contributed by atoms with Gasteiger partial charge in [0.2, 0.25) is 10.0 Å². The molecule has 2 aliphatic carbocycles. The van der Waals surface area contributed by atoms with Crippen LogP contribution in [0.25, 0.3) is 0 Å². The fraction of sp³-hybridized carbons (Fsp3) is 0.516. The van der Waals surface area contributed by atoms with Gasteiger partial charge in [0.15, 0.2) is 0 Å². The van der Waals surface area contributed by atoms with E-state index in [9.17, 15) is 18.3 Å². The van der Waals surface area contributed by atoms with Crippen LogP contribution in [0.1, 0.15) is 66.4 Å². The predicted octanol–water partition coefficient (Wildman–Crippen LogP) is 5.00. The first kappa shape index (κ1) is 27.6. The molecule has 1 amide bonds. The number of fused-ring (bicyclic) bond motifs is 4. The van der Waals surface area contributed by atoms with Crippen LogP contribution in [0.3, 0.4) is 0 Å². The third-order valence-corrected chi connectivity index (χ3v) is 10.8. The number of hydrogen-bond acceptors (Lipinski definition) is 6. The molecule has 1 fully saturated rings. The quantitative estimate of drug-likeness (QED) is 0.423. The zero-order valence-electron chi connectivity index (χ0n) is 22.6. The molecule has 7 nitrogen and oxygen atoms in total. The summed E-state index contributed by atoms with van der Waals surface area (Å²) in [6.45, 7) is 1.93. The Kier molecular flexibility index (Phi) is 7.61. The maximum absolute atomic E-state index is 13.1. The normalized spacial score (nSPS) is 30.9. The second-order valence-electron chi connectivity index (χ2n) is 12.0. The second-order valence-corrected chi connectivity index (χ2v) is 14.2. The number of allylic oxidation sites excluding steroid dienone is 1. The summed E-state index contributed by atoms with van der Waals surface area (Å²) in [5, 5.41) is 11.7. The van der Waals surface area contributed by atoms with E-state index < -0.39 is 22.0 Å². The van der Waals surface area contributed by atoms with Crippen molar-refractivity contribution in [1.29, 1.82) is 0 Å². The minimum Gasteiger partial charge on any atom is -0.490 e. The summed E-state index contributed by atoms with van der Waals surface area (Å²) in [5.41, 5.74) is 3.35. The Morgan fingerprint density at radius 2 is 1.98 bits per heavy atom. The Morgan fingerprint density at radius 3 is 2.80 bits per heavy atom. The number of benzene rings is 2. The van der Waals surface area contributed by atoms with Gasteiger partial charge in [-0.3, -0.25) is 4.79 Å². The summed E-state index contributed by atoms with van der Waals surface area (Å²) < 4.78 is 34.0. The molecule has 1 spiro atoms. The zero-order chi connectivity index (χ0) is 27.9. The topological polar surface area (TPSA) is 95.9 Å². The highest BCUT2D eigenvalue weighted by molar-refractivity contribution is 7.90. The summed E-state index contributed by atoms with van der Waals surface area (Å²) in [4.78, 5) is 15.4. The van der Waals surface area contributed by atoms with Crippen LogP contribution in [0.4, 0.5) is 5.69 Å². The molecular formula is C31H37ClN2O5S. The number of carbonyl (C=O) groups is 1. The molecule has 2 N–H and O–H groups in total. The molecule has 4 aliphatic rings. The van der Waals surface area contributed by atoms with Gasteiger partial charge in [0.25, 0.3) is 5.91 Å². The summed E-state index contributed by atoms with van der Waals surface area (Å²) in [6.07, 6.45) is 10.1. The number of rotatable bonds is 0. The maximum atomic E-state index is 13.1. The Hall–Kier alpha value is -2.55. The van der Waals surface area contributed by atoms with Crippen LogP contribution in [-0.4, -0.2) is 51.0 Å². The highest BCUT2D eigenvalue weighted by atomic mass is 35.5. The van der Waals surface area contributed by atoms with Gasteiger partial charge in [0.05, 0.1) is 24.2 Å².